The van der Waals surface area contributed by atoms with Crippen LogP contribution < -0.4 is 11.1 Å². The molecule has 29 heteroatoms. The highest BCUT2D eigenvalue weighted by molar-refractivity contribution is 6.63. The molecule has 6 aromatic carbocycles. The van der Waals surface area contributed by atoms with Crippen molar-refractivity contribution in [2.75, 3.05) is 38.1 Å². The van der Waals surface area contributed by atoms with Crippen LogP contribution in [0.15, 0.2) is 158 Å². The highest BCUT2D eigenvalue weighted by atomic mass is 35.5. The van der Waals surface area contributed by atoms with Crippen LogP contribution >= 0.6 is 34.8 Å². The Morgan fingerprint density at radius 3 is 1.22 bits per heavy atom. The van der Waals surface area contributed by atoms with Crippen molar-refractivity contribution in [1.82, 2.24) is 15.1 Å². The number of likely N-dealkylation sites (tertiary alicyclic amines) is 2. The summed E-state index contributed by atoms with van der Waals surface area (Å²) < 4.78 is 186. The predicted octanol–water partition coefficient (Wildman–Crippen LogP) is 18.4. The number of alkyl halides is 14. The van der Waals surface area contributed by atoms with E-state index in [2.05, 4.69) is 11.4 Å². The summed E-state index contributed by atoms with van der Waals surface area (Å²) in [6.45, 7) is 1.06. The summed E-state index contributed by atoms with van der Waals surface area (Å²) in [5.74, 6) is 0.550. The van der Waals surface area contributed by atoms with Crippen LogP contribution in [0, 0.1) is 22.7 Å². The van der Waals surface area contributed by atoms with Crippen LogP contribution in [0.5, 0.6) is 0 Å². The summed E-state index contributed by atoms with van der Waals surface area (Å²) >= 11 is 16.1. The molecule has 0 aliphatic carbocycles. The first kappa shape index (κ1) is 81.9. The molecule has 6 atom stereocenters. The monoisotopic (exact) mass is 1480 g/mol. The standard InChI is InChI=1S/C36H36ClF6N3O4.C31H29F6N3O3.C5H8Cl2O/c1-25(27-18-29(35(38,39)40)20-30(19-27)36(41,42)43)50-24-34(28-12-6-3-7-13-28)16-15-33(22-44,45-31(47)14-8-9-17-37)23-46(34)32(48)49-21-26-10-4-2-5-11-26;1-21(23-14-25(30(32,33)34)16-26(15-23)31(35,36)37)43-20-29(24-10-6-3-7-11-24)13-12-28(39,18-38)19-40(29)27(41)42-17-22-8-4-2-5-9-22;6-4-2-1-3-5(7)8/h2-7,10-13,18-20,25H,8-9,14-17,21,23-24H2,1H3,(H,45,47);2-11,14-16,21H,12-13,17,19-20,39H2,1H3;1-4H2/t25-,33-,34-;21-,28-,29-;/m11./s1. The molecular weight excluding hydrogens is 1410 g/mol. The zero-order chi connectivity index (χ0) is 74.5. The van der Waals surface area contributed by atoms with E-state index in [4.69, 9.17) is 59.5 Å². The second kappa shape index (κ2) is 36.2. The minimum absolute atomic E-state index is 0.0100. The second-order valence-electron chi connectivity index (χ2n) is 24.3. The molecule has 8 rings (SSSR count). The maximum atomic E-state index is 14.0. The third kappa shape index (κ3) is 23.2. The Balaban J connectivity index is 0.000000289. The third-order valence-corrected chi connectivity index (χ3v) is 17.7. The van der Waals surface area contributed by atoms with E-state index in [1.54, 1.807) is 121 Å². The van der Waals surface area contributed by atoms with Gasteiger partial charge in [-0.3, -0.25) is 19.4 Å². The van der Waals surface area contributed by atoms with Crippen molar-refractivity contribution < 1.29 is 90.8 Å². The normalized spacial score (nSPS) is 19.9. The molecule has 2 aliphatic rings. The Morgan fingerprint density at radius 1 is 0.515 bits per heavy atom. The van der Waals surface area contributed by atoms with Crippen molar-refractivity contribution in [2.24, 2.45) is 5.73 Å². The fourth-order valence-corrected chi connectivity index (χ4v) is 11.8. The van der Waals surface area contributed by atoms with Crippen LogP contribution in [0.4, 0.5) is 62.3 Å². The summed E-state index contributed by atoms with van der Waals surface area (Å²) in [5.41, 5.74) is -3.57. The van der Waals surface area contributed by atoms with Gasteiger partial charge in [0.2, 0.25) is 11.1 Å². The molecule has 0 bridgehead atoms. The lowest BCUT2D eigenvalue weighted by Gasteiger charge is -2.51. The van der Waals surface area contributed by atoms with Gasteiger partial charge in [-0.05, 0) is 147 Å². The molecule has 6 aromatic rings. The van der Waals surface area contributed by atoms with Gasteiger partial charge in [0.05, 0.1) is 84.0 Å². The number of nitrogens with two attached hydrogens (primary N) is 1. The van der Waals surface area contributed by atoms with E-state index in [1.807, 2.05) is 6.07 Å². The van der Waals surface area contributed by atoms with Gasteiger partial charge in [-0.2, -0.15) is 63.2 Å². The minimum Gasteiger partial charge on any atom is -0.445 e. The number of carbonyl (C=O) groups excluding carboxylic acids is 4. The van der Waals surface area contributed by atoms with Crippen LogP contribution in [0.3, 0.4) is 0 Å². The first-order valence-electron chi connectivity index (χ1n) is 31.7. The largest absolute Gasteiger partial charge is 0.445 e. The zero-order valence-electron chi connectivity index (χ0n) is 54.7. The van der Waals surface area contributed by atoms with E-state index in [0.717, 1.165) is 12.8 Å². The van der Waals surface area contributed by atoms with Gasteiger partial charge in [0.25, 0.3) is 0 Å². The molecule has 0 radical (unpaired) electrons. The van der Waals surface area contributed by atoms with Crippen molar-refractivity contribution in [2.45, 2.75) is 150 Å². The molecule has 3 amide bonds. The maximum absolute atomic E-state index is 14.0. The second-order valence-corrected chi connectivity index (χ2v) is 25.5. The number of ether oxygens (including phenoxy) is 4. The minimum atomic E-state index is -5.06. The number of carbonyl (C=O) groups is 4. The summed E-state index contributed by atoms with van der Waals surface area (Å²) in [6.07, 6.45) is -20.8. The van der Waals surface area contributed by atoms with E-state index >= 15 is 0 Å². The molecule has 0 spiro atoms. The Labute approximate surface area is 591 Å². The van der Waals surface area contributed by atoms with Gasteiger partial charge < -0.3 is 30.0 Å². The van der Waals surface area contributed by atoms with Crippen LogP contribution in [0.1, 0.15) is 146 Å². The summed E-state index contributed by atoms with van der Waals surface area (Å²) in [7, 11) is 0. The smallest absolute Gasteiger partial charge is 0.416 e. The molecule has 2 fully saturated rings. The highest BCUT2D eigenvalue weighted by Gasteiger charge is 2.54. The number of hydrogen-bond donors (Lipinski definition) is 2. The first-order valence-corrected chi connectivity index (χ1v) is 33.1. The Bertz CT molecular complexity index is 3710. The van der Waals surface area contributed by atoms with Crippen LogP contribution in [-0.2, 0) is 77.5 Å². The lowest BCUT2D eigenvalue weighted by molar-refractivity contribution is -0.145. The summed E-state index contributed by atoms with van der Waals surface area (Å²) in [5, 5.41) is 22.7. The summed E-state index contributed by atoms with van der Waals surface area (Å²) in [4.78, 5) is 53.2. The highest BCUT2D eigenvalue weighted by Crippen LogP contribution is 2.46. The number of nitriles is 2. The number of unbranched alkanes of at least 4 members (excludes halogenated alkanes) is 2. The number of hydrogen-bond acceptors (Lipinski definition) is 11. The van der Waals surface area contributed by atoms with Crippen molar-refractivity contribution in [1.29, 1.82) is 10.5 Å². The van der Waals surface area contributed by atoms with Crippen LogP contribution in [0.2, 0.25) is 0 Å². The molecule has 0 aromatic heterocycles. The number of amides is 3. The number of nitrogens with one attached hydrogen (secondary N) is 1. The van der Waals surface area contributed by atoms with E-state index in [9.17, 15) is 82.4 Å². The fraction of sp³-hybridized carbons (Fsp3) is 0.417. The predicted molar refractivity (Wildman–Crippen MR) is 352 cm³/mol. The zero-order valence-corrected chi connectivity index (χ0v) is 57.0. The van der Waals surface area contributed by atoms with Gasteiger partial charge in [-0.15, -0.1) is 23.2 Å². The molecule has 2 saturated heterocycles. The Morgan fingerprint density at radius 2 is 0.871 bits per heavy atom. The number of benzene rings is 6. The lowest BCUT2D eigenvalue weighted by atomic mass is 9.75. The molecule has 0 saturated carbocycles. The molecule has 2 heterocycles. The molecule has 14 nitrogen and oxygen atoms in total. The van der Waals surface area contributed by atoms with Gasteiger partial charge in [0, 0.05) is 24.6 Å². The van der Waals surface area contributed by atoms with Crippen molar-refractivity contribution in [3.05, 3.63) is 213 Å². The number of rotatable bonds is 23. The molecule has 544 valence electrons. The number of halogens is 15. The molecule has 2 aliphatic heterocycles. The lowest BCUT2D eigenvalue weighted by Crippen LogP contribution is -2.66. The molecule has 0 unspecified atom stereocenters. The summed E-state index contributed by atoms with van der Waals surface area (Å²) in [6, 6.07) is 41.4. The SMILES string of the molecule is C[C@@H](OC[C@@]1(c2ccccc2)CC[C@@](N)(C#N)CN1C(=O)OCc1ccccc1)c1cc(C(F)(F)F)cc(C(F)(F)F)c1.C[C@@H](OC[C@@]1(c2ccccc2)CC[C@](C#N)(NC(=O)CCCCCl)CN1C(=O)OCc1ccccc1)c1cc(C(F)(F)F)cc(C(F)(F)F)c1.O=C(Cl)CCCCCl. The average Bonchev–Trinajstić information content (AvgIpc) is 0.751. The van der Waals surface area contributed by atoms with Gasteiger partial charge in [-0.1, -0.05) is 121 Å². The van der Waals surface area contributed by atoms with Gasteiger partial charge in [0.1, 0.15) is 24.3 Å². The number of piperidine rings is 2. The van der Waals surface area contributed by atoms with Crippen LogP contribution in [0.25, 0.3) is 0 Å². The molecular formula is C72H73Cl3F12N6O8. The molecule has 101 heavy (non-hydrogen) atoms. The Hall–Kier alpha value is -8.11. The van der Waals surface area contributed by atoms with Crippen LogP contribution in [-0.4, -0.2) is 82.3 Å². The maximum Gasteiger partial charge on any atom is 0.416 e. The van der Waals surface area contributed by atoms with Crippen molar-refractivity contribution >= 4 is 58.1 Å². The van der Waals surface area contributed by atoms with E-state index in [0.29, 0.717) is 77.5 Å². The van der Waals surface area contributed by atoms with Crippen molar-refractivity contribution in [3.63, 3.8) is 0 Å². The quantitative estimate of drug-likeness (QED) is 0.0268. The third-order valence-electron chi connectivity index (χ3n) is 17.0. The van der Waals surface area contributed by atoms with Gasteiger partial charge in [-0.25, -0.2) is 9.59 Å². The van der Waals surface area contributed by atoms with Gasteiger partial charge >= 0.3 is 36.9 Å². The van der Waals surface area contributed by atoms with E-state index in [-0.39, 0.29) is 93.5 Å². The van der Waals surface area contributed by atoms with E-state index in [1.165, 1.54) is 23.6 Å². The van der Waals surface area contributed by atoms with Gasteiger partial charge in [0.15, 0.2) is 0 Å². The van der Waals surface area contributed by atoms with Crippen molar-refractivity contribution in [3.8, 4) is 12.1 Å². The Kier molecular flexibility index (Phi) is 29.3. The topological polar surface area (TPSA) is 197 Å². The number of nitrogens with zero attached hydrogens (tertiary/aromatic N) is 4. The van der Waals surface area contributed by atoms with E-state index < -0.39 is 106 Å². The fourth-order valence-electron chi connectivity index (χ4n) is 11.3. The first-order chi connectivity index (χ1) is 47.6. The average molecular weight is 1480 g/mol. The molecule has 3 N–H and O–H groups in total.